The Morgan fingerprint density at radius 3 is 2.08 bits per heavy atom. The SMILES string of the molecule is CC(C)NC(=O)[C@@H](Cc1ccccc1)N(Cc1ccc(Cl)cc1)C(=O)CN(c1ccccc1F)S(=O)(=O)N(C)C. The molecule has 40 heavy (non-hydrogen) atoms. The Kier molecular flexibility index (Phi) is 10.7. The van der Waals surface area contributed by atoms with Crippen LogP contribution in [0.4, 0.5) is 10.1 Å². The Bertz CT molecular complexity index is 1400. The maximum absolute atomic E-state index is 14.9. The Morgan fingerprint density at radius 2 is 1.50 bits per heavy atom. The van der Waals surface area contributed by atoms with Crippen LogP contribution in [0, 0.1) is 5.82 Å². The minimum atomic E-state index is -4.28. The van der Waals surface area contributed by atoms with Crippen molar-refractivity contribution in [3.8, 4) is 0 Å². The molecule has 11 heteroatoms. The van der Waals surface area contributed by atoms with Gasteiger partial charge in [-0.1, -0.05) is 66.2 Å². The molecule has 1 atom stereocenters. The van der Waals surface area contributed by atoms with E-state index in [4.69, 9.17) is 11.6 Å². The third-order valence-electron chi connectivity index (χ3n) is 6.11. The average molecular weight is 589 g/mol. The highest BCUT2D eigenvalue weighted by Crippen LogP contribution is 2.24. The molecule has 3 aromatic carbocycles. The molecule has 0 aliphatic carbocycles. The number of carbonyl (C=O) groups excluding carboxylic acids is 2. The second-order valence-electron chi connectivity index (χ2n) is 9.77. The number of hydrogen-bond donors (Lipinski definition) is 1. The number of hydrogen-bond acceptors (Lipinski definition) is 4. The predicted molar refractivity (Wildman–Crippen MR) is 156 cm³/mol. The molecule has 0 radical (unpaired) electrons. The Hall–Kier alpha value is -3.47. The molecule has 2 amide bonds. The van der Waals surface area contributed by atoms with Gasteiger partial charge in [0.1, 0.15) is 18.4 Å². The molecule has 1 N–H and O–H groups in total. The van der Waals surface area contributed by atoms with Gasteiger partial charge in [-0.2, -0.15) is 12.7 Å². The zero-order chi connectivity index (χ0) is 29.4. The van der Waals surface area contributed by atoms with Crippen LogP contribution in [0.25, 0.3) is 0 Å². The summed E-state index contributed by atoms with van der Waals surface area (Å²) in [4.78, 5) is 29.0. The third-order valence-corrected chi connectivity index (χ3v) is 8.17. The molecule has 0 fully saturated rings. The maximum Gasteiger partial charge on any atom is 0.304 e. The zero-order valence-electron chi connectivity index (χ0n) is 22.9. The zero-order valence-corrected chi connectivity index (χ0v) is 24.5. The van der Waals surface area contributed by atoms with Gasteiger partial charge in [-0.15, -0.1) is 0 Å². The van der Waals surface area contributed by atoms with E-state index < -0.39 is 40.4 Å². The van der Waals surface area contributed by atoms with E-state index in [2.05, 4.69) is 5.32 Å². The van der Waals surface area contributed by atoms with Gasteiger partial charge >= 0.3 is 10.2 Å². The lowest BCUT2D eigenvalue weighted by Gasteiger charge is -2.34. The van der Waals surface area contributed by atoms with Gasteiger partial charge < -0.3 is 10.2 Å². The van der Waals surface area contributed by atoms with Crippen LogP contribution >= 0.6 is 11.6 Å². The molecule has 0 spiro atoms. The van der Waals surface area contributed by atoms with Gasteiger partial charge in [0.25, 0.3) is 0 Å². The summed E-state index contributed by atoms with van der Waals surface area (Å²) in [5.41, 5.74) is 1.22. The molecule has 0 aliphatic rings. The topological polar surface area (TPSA) is 90.0 Å². The molecular weight excluding hydrogens is 555 g/mol. The lowest BCUT2D eigenvalue weighted by atomic mass is 10.0. The smallest absolute Gasteiger partial charge is 0.304 e. The summed E-state index contributed by atoms with van der Waals surface area (Å²) < 4.78 is 43.1. The number of anilines is 1. The van der Waals surface area contributed by atoms with Crippen LogP contribution in [0.2, 0.25) is 5.02 Å². The Morgan fingerprint density at radius 1 is 0.900 bits per heavy atom. The minimum Gasteiger partial charge on any atom is -0.352 e. The number of nitrogens with zero attached hydrogens (tertiary/aromatic N) is 3. The number of halogens is 2. The fraction of sp³-hybridized carbons (Fsp3) is 0.310. The quantitative estimate of drug-likeness (QED) is 0.342. The number of carbonyl (C=O) groups is 2. The standard InChI is InChI=1S/C29H34ClFN4O4S/c1-21(2)32-29(37)27(18-22-10-6-5-7-11-22)34(19-23-14-16-24(30)17-15-23)28(36)20-35(40(38,39)33(3)4)26-13-9-8-12-25(26)31/h5-17,21,27H,18-20H2,1-4H3,(H,32,37)/t27-/m1/s1. The molecule has 3 aromatic rings. The van der Waals surface area contributed by atoms with Crippen LogP contribution in [-0.4, -0.2) is 62.2 Å². The van der Waals surface area contributed by atoms with Crippen LogP contribution in [0.5, 0.6) is 0 Å². The van der Waals surface area contributed by atoms with E-state index in [0.717, 1.165) is 20.2 Å². The van der Waals surface area contributed by atoms with Crippen molar-refractivity contribution in [2.24, 2.45) is 0 Å². The largest absolute Gasteiger partial charge is 0.352 e. The van der Waals surface area contributed by atoms with E-state index in [1.807, 2.05) is 44.2 Å². The van der Waals surface area contributed by atoms with Crippen molar-refractivity contribution in [3.63, 3.8) is 0 Å². The molecule has 3 rings (SSSR count). The van der Waals surface area contributed by atoms with E-state index in [1.165, 1.54) is 37.2 Å². The number of nitrogens with one attached hydrogen (secondary N) is 1. The average Bonchev–Trinajstić information content (AvgIpc) is 2.90. The van der Waals surface area contributed by atoms with Gasteiger partial charge in [0, 0.05) is 38.1 Å². The molecule has 8 nitrogen and oxygen atoms in total. The van der Waals surface area contributed by atoms with E-state index in [9.17, 15) is 22.4 Å². The summed E-state index contributed by atoms with van der Waals surface area (Å²) in [6, 6.07) is 20.2. The normalized spacial score (nSPS) is 12.3. The first-order valence-electron chi connectivity index (χ1n) is 12.7. The van der Waals surface area contributed by atoms with Crippen LogP contribution in [-0.2, 0) is 32.8 Å². The lowest BCUT2D eigenvalue weighted by Crippen LogP contribution is -2.55. The molecule has 0 aromatic heterocycles. The van der Waals surface area contributed by atoms with Crippen LogP contribution < -0.4 is 9.62 Å². The maximum atomic E-state index is 14.9. The summed E-state index contributed by atoms with van der Waals surface area (Å²) >= 11 is 6.06. The summed E-state index contributed by atoms with van der Waals surface area (Å²) in [6.45, 7) is 2.89. The summed E-state index contributed by atoms with van der Waals surface area (Å²) in [7, 11) is -1.69. The van der Waals surface area contributed by atoms with Crippen molar-refractivity contribution in [1.29, 1.82) is 0 Å². The van der Waals surface area contributed by atoms with Crippen molar-refractivity contribution in [3.05, 3.63) is 101 Å². The molecule has 0 saturated carbocycles. The number of benzene rings is 3. The van der Waals surface area contributed by atoms with Crippen molar-refractivity contribution in [2.75, 3.05) is 24.9 Å². The van der Waals surface area contributed by atoms with Gasteiger partial charge in [0.2, 0.25) is 11.8 Å². The number of amides is 2. The monoisotopic (exact) mass is 588 g/mol. The highest BCUT2D eigenvalue weighted by Gasteiger charge is 2.35. The molecule has 214 valence electrons. The molecular formula is C29H34ClFN4O4S. The van der Waals surface area contributed by atoms with E-state index in [0.29, 0.717) is 10.6 Å². The van der Waals surface area contributed by atoms with Gasteiger partial charge in [0.05, 0.1) is 5.69 Å². The molecule has 0 heterocycles. The summed E-state index contributed by atoms with van der Waals surface area (Å²) in [5.74, 6) is -1.87. The van der Waals surface area contributed by atoms with Gasteiger partial charge in [-0.05, 0) is 49.2 Å². The van der Waals surface area contributed by atoms with Gasteiger partial charge in [-0.3, -0.25) is 9.59 Å². The van der Waals surface area contributed by atoms with E-state index >= 15 is 0 Å². The Balaban J connectivity index is 2.10. The fourth-order valence-corrected chi connectivity index (χ4v) is 5.27. The van der Waals surface area contributed by atoms with E-state index in [-0.39, 0.29) is 24.7 Å². The highest BCUT2D eigenvalue weighted by atomic mass is 35.5. The second-order valence-corrected chi connectivity index (χ2v) is 12.3. The summed E-state index contributed by atoms with van der Waals surface area (Å²) in [6.07, 6.45) is 0.179. The summed E-state index contributed by atoms with van der Waals surface area (Å²) in [5, 5.41) is 3.38. The van der Waals surface area contributed by atoms with Crippen LogP contribution in [0.15, 0.2) is 78.9 Å². The first-order chi connectivity index (χ1) is 18.9. The first-order valence-corrected chi connectivity index (χ1v) is 14.5. The fourth-order valence-electron chi connectivity index (χ4n) is 4.08. The molecule has 0 unspecified atom stereocenters. The third kappa shape index (κ3) is 8.03. The van der Waals surface area contributed by atoms with Crippen LogP contribution in [0.1, 0.15) is 25.0 Å². The second kappa shape index (κ2) is 13.7. The van der Waals surface area contributed by atoms with Crippen molar-refractivity contribution >= 4 is 39.3 Å². The lowest BCUT2D eigenvalue weighted by molar-refractivity contribution is -0.140. The van der Waals surface area contributed by atoms with Gasteiger partial charge in [-0.25, -0.2) is 8.70 Å². The molecule has 0 bridgehead atoms. The van der Waals surface area contributed by atoms with Crippen molar-refractivity contribution in [1.82, 2.24) is 14.5 Å². The molecule has 0 aliphatic heterocycles. The minimum absolute atomic E-state index is 0.00780. The predicted octanol–water partition coefficient (Wildman–Crippen LogP) is 4.26. The van der Waals surface area contributed by atoms with Crippen molar-refractivity contribution < 1.29 is 22.4 Å². The Labute approximate surface area is 240 Å². The number of para-hydroxylation sites is 1. The van der Waals surface area contributed by atoms with Crippen molar-refractivity contribution in [2.45, 2.75) is 38.9 Å². The van der Waals surface area contributed by atoms with Crippen LogP contribution in [0.3, 0.4) is 0 Å². The number of rotatable bonds is 12. The highest BCUT2D eigenvalue weighted by molar-refractivity contribution is 7.90. The first kappa shape index (κ1) is 31.1. The van der Waals surface area contributed by atoms with E-state index in [1.54, 1.807) is 24.3 Å². The van der Waals surface area contributed by atoms with Gasteiger partial charge in [0.15, 0.2) is 0 Å². The molecule has 0 saturated heterocycles.